The quantitative estimate of drug-likeness (QED) is 0.504. The van der Waals surface area contributed by atoms with Crippen molar-refractivity contribution in [2.75, 3.05) is 5.43 Å². The van der Waals surface area contributed by atoms with Crippen molar-refractivity contribution >= 4 is 33.5 Å². The van der Waals surface area contributed by atoms with E-state index in [1.807, 2.05) is 0 Å². The summed E-state index contributed by atoms with van der Waals surface area (Å²) in [5.41, 5.74) is 3.86. The number of rotatable bonds is 4. The van der Waals surface area contributed by atoms with Crippen molar-refractivity contribution in [1.29, 1.82) is 0 Å². The maximum atomic E-state index is 5.39. The Hall–Kier alpha value is -1.11. The van der Waals surface area contributed by atoms with Crippen LogP contribution in [0.15, 0.2) is 45.0 Å². The van der Waals surface area contributed by atoms with Gasteiger partial charge in [0.15, 0.2) is 5.82 Å². The summed E-state index contributed by atoms with van der Waals surface area (Å²) >= 11 is 5.02. The summed E-state index contributed by atoms with van der Waals surface area (Å²) in [5, 5.41) is 0.834. The predicted octanol–water partition coefficient (Wildman–Crippen LogP) is 3.80. The first kappa shape index (κ1) is 14.3. The number of nitrogen functional groups attached to an aromatic ring is 1. The second-order valence-electron chi connectivity index (χ2n) is 4.31. The molecule has 0 atom stereocenters. The summed E-state index contributed by atoms with van der Waals surface area (Å²) in [5.74, 6) is 6.51. The zero-order valence-electron chi connectivity index (χ0n) is 10.7. The molecule has 6 heteroatoms. The van der Waals surface area contributed by atoms with Gasteiger partial charge in [-0.2, -0.15) is 0 Å². The molecule has 0 fully saturated rings. The molecule has 0 amide bonds. The summed E-state index contributed by atoms with van der Waals surface area (Å²) in [6.07, 6.45) is 1.49. The number of anilines is 1. The Balaban J connectivity index is 2.21. The first-order chi connectivity index (χ1) is 9.11. The minimum absolute atomic E-state index is 0.540. The van der Waals surface area contributed by atoms with E-state index in [1.165, 1.54) is 11.9 Å². The molecular weight excluding hydrogens is 324 g/mol. The number of nitrogens with zero attached hydrogens (tertiary/aromatic N) is 2. The monoisotopic (exact) mass is 338 g/mol. The van der Waals surface area contributed by atoms with Gasteiger partial charge in [-0.15, -0.1) is 0 Å². The van der Waals surface area contributed by atoms with E-state index in [1.54, 1.807) is 11.8 Å². The number of nitrogens with two attached hydrogens (primary N) is 1. The largest absolute Gasteiger partial charge is 0.307 e. The number of benzene rings is 1. The van der Waals surface area contributed by atoms with Gasteiger partial charge in [-0.05, 0) is 39.5 Å². The summed E-state index contributed by atoms with van der Waals surface area (Å²) in [6, 6.07) is 8.49. The minimum atomic E-state index is 0.540. The zero-order valence-corrected chi connectivity index (χ0v) is 13.1. The fourth-order valence-corrected chi connectivity index (χ4v) is 2.90. The van der Waals surface area contributed by atoms with Gasteiger partial charge in [0.05, 0.1) is 4.47 Å². The third-order valence-corrected chi connectivity index (χ3v) is 4.68. The Morgan fingerprint density at radius 2 is 1.89 bits per heavy atom. The molecule has 2 rings (SSSR count). The molecular formula is C13H15BrN4S. The van der Waals surface area contributed by atoms with Crippen LogP contribution in [0.1, 0.15) is 25.3 Å². The summed E-state index contributed by atoms with van der Waals surface area (Å²) in [7, 11) is 0. The van der Waals surface area contributed by atoms with Gasteiger partial charge in [-0.3, -0.25) is 0 Å². The van der Waals surface area contributed by atoms with E-state index >= 15 is 0 Å². The maximum Gasteiger partial charge on any atom is 0.158 e. The molecule has 0 saturated heterocycles. The second kappa shape index (κ2) is 6.36. The molecule has 0 aliphatic heterocycles. The molecule has 4 nitrogen and oxygen atoms in total. The Bertz CT molecular complexity index is 557. The topological polar surface area (TPSA) is 63.8 Å². The summed E-state index contributed by atoms with van der Waals surface area (Å²) < 4.78 is 0.774. The highest BCUT2D eigenvalue weighted by Crippen LogP contribution is 2.34. The van der Waals surface area contributed by atoms with Crippen LogP contribution in [0.25, 0.3) is 0 Å². The van der Waals surface area contributed by atoms with Crippen LogP contribution in [0, 0.1) is 0 Å². The van der Waals surface area contributed by atoms with Crippen molar-refractivity contribution in [3.63, 3.8) is 0 Å². The van der Waals surface area contributed by atoms with Crippen LogP contribution < -0.4 is 11.3 Å². The van der Waals surface area contributed by atoms with Gasteiger partial charge in [0, 0.05) is 4.90 Å². The van der Waals surface area contributed by atoms with Crippen molar-refractivity contribution in [2.24, 2.45) is 5.84 Å². The van der Waals surface area contributed by atoms with Gasteiger partial charge in [0.1, 0.15) is 11.4 Å². The molecule has 0 aliphatic carbocycles. The smallest absolute Gasteiger partial charge is 0.158 e. The van der Waals surface area contributed by atoms with E-state index in [0.29, 0.717) is 11.7 Å². The lowest BCUT2D eigenvalue weighted by Gasteiger charge is -2.08. The third kappa shape index (κ3) is 3.46. The molecule has 0 unspecified atom stereocenters. The predicted molar refractivity (Wildman–Crippen MR) is 82.2 cm³/mol. The lowest BCUT2D eigenvalue weighted by molar-refractivity contribution is 0.865. The van der Waals surface area contributed by atoms with Crippen LogP contribution >= 0.6 is 27.7 Å². The summed E-state index contributed by atoms with van der Waals surface area (Å²) in [6.45, 7) is 4.37. The molecule has 100 valence electrons. The van der Waals surface area contributed by atoms with Gasteiger partial charge in [-0.1, -0.05) is 37.7 Å². The van der Waals surface area contributed by atoms with Crippen LogP contribution in [0.3, 0.4) is 0 Å². The van der Waals surface area contributed by atoms with Crippen LogP contribution in [0.2, 0.25) is 0 Å². The fraction of sp³-hybridized carbons (Fsp3) is 0.231. The van der Waals surface area contributed by atoms with E-state index in [-0.39, 0.29) is 0 Å². The number of hydrogen-bond acceptors (Lipinski definition) is 5. The molecule has 3 N–H and O–H groups in total. The average molecular weight is 339 g/mol. The lowest BCUT2D eigenvalue weighted by Crippen LogP contribution is -2.09. The molecule has 0 radical (unpaired) electrons. The van der Waals surface area contributed by atoms with E-state index in [0.717, 1.165) is 14.4 Å². The third-order valence-electron chi connectivity index (χ3n) is 2.66. The Labute approximate surface area is 125 Å². The van der Waals surface area contributed by atoms with Crippen molar-refractivity contribution < 1.29 is 0 Å². The van der Waals surface area contributed by atoms with Crippen LogP contribution in [0.5, 0.6) is 0 Å². The molecule has 0 bridgehead atoms. The maximum absolute atomic E-state index is 5.39. The van der Waals surface area contributed by atoms with Crippen LogP contribution in [0.4, 0.5) is 5.82 Å². The van der Waals surface area contributed by atoms with E-state index in [2.05, 4.69) is 69.4 Å². The first-order valence-electron chi connectivity index (χ1n) is 5.86. The van der Waals surface area contributed by atoms with Crippen molar-refractivity contribution in [1.82, 2.24) is 9.97 Å². The SMILES string of the molecule is CC(C)c1ccc(Sc2ncnc(NN)c2Br)cc1. The Kier molecular flexibility index (Phi) is 4.79. The van der Waals surface area contributed by atoms with Gasteiger partial charge in [0.2, 0.25) is 0 Å². The van der Waals surface area contributed by atoms with E-state index < -0.39 is 0 Å². The average Bonchev–Trinajstić information content (AvgIpc) is 2.42. The van der Waals surface area contributed by atoms with Crippen molar-refractivity contribution in [3.8, 4) is 0 Å². The summed E-state index contributed by atoms with van der Waals surface area (Å²) in [4.78, 5) is 9.41. The van der Waals surface area contributed by atoms with E-state index in [4.69, 9.17) is 5.84 Å². The number of halogens is 1. The Morgan fingerprint density at radius 3 is 2.47 bits per heavy atom. The van der Waals surface area contributed by atoms with Crippen LogP contribution in [-0.2, 0) is 0 Å². The second-order valence-corrected chi connectivity index (χ2v) is 6.17. The van der Waals surface area contributed by atoms with Crippen LogP contribution in [-0.4, -0.2) is 9.97 Å². The molecule has 1 aromatic carbocycles. The number of aromatic nitrogens is 2. The molecule has 1 aromatic heterocycles. The normalized spacial score (nSPS) is 10.8. The Morgan fingerprint density at radius 1 is 1.21 bits per heavy atom. The molecule has 0 spiro atoms. The van der Waals surface area contributed by atoms with Gasteiger partial charge < -0.3 is 5.43 Å². The van der Waals surface area contributed by atoms with Gasteiger partial charge in [0.25, 0.3) is 0 Å². The lowest BCUT2D eigenvalue weighted by atomic mass is 10.0. The van der Waals surface area contributed by atoms with Gasteiger partial charge in [-0.25, -0.2) is 15.8 Å². The highest BCUT2D eigenvalue weighted by molar-refractivity contribution is 9.10. The molecule has 0 aliphatic rings. The highest BCUT2D eigenvalue weighted by atomic mass is 79.9. The number of hydrazine groups is 1. The van der Waals surface area contributed by atoms with Crippen molar-refractivity contribution in [3.05, 3.63) is 40.6 Å². The number of nitrogens with one attached hydrogen (secondary N) is 1. The minimum Gasteiger partial charge on any atom is -0.307 e. The molecule has 1 heterocycles. The highest BCUT2D eigenvalue weighted by Gasteiger charge is 2.09. The van der Waals surface area contributed by atoms with E-state index in [9.17, 15) is 0 Å². The number of hydrogen-bond donors (Lipinski definition) is 2. The molecule has 0 saturated carbocycles. The van der Waals surface area contributed by atoms with Crippen molar-refractivity contribution in [2.45, 2.75) is 29.7 Å². The first-order valence-corrected chi connectivity index (χ1v) is 7.47. The fourth-order valence-electron chi connectivity index (χ4n) is 1.56. The molecule has 19 heavy (non-hydrogen) atoms. The zero-order chi connectivity index (χ0) is 13.8. The standard InChI is InChI=1S/C13H15BrN4S/c1-8(2)9-3-5-10(6-4-9)19-13-11(14)12(18-15)16-7-17-13/h3-8H,15H2,1-2H3,(H,16,17,18). The van der Waals surface area contributed by atoms with Gasteiger partial charge >= 0.3 is 0 Å². The molecule has 2 aromatic rings.